The third-order valence-electron chi connectivity index (χ3n) is 3.94. The molecule has 0 radical (unpaired) electrons. The van der Waals surface area contributed by atoms with Crippen molar-refractivity contribution < 1.29 is 19.4 Å². The second-order valence-corrected chi connectivity index (χ2v) is 5.85. The Bertz CT molecular complexity index is 742. The lowest BCUT2D eigenvalue weighted by atomic mass is 10.1. The highest BCUT2D eigenvalue weighted by molar-refractivity contribution is 5.85. The van der Waals surface area contributed by atoms with Gasteiger partial charge in [0, 0.05) is 13.0 Å². The van der Waals surface area contributed by atoms with Gasteiger partial charge in [0.2, 0.25) is 0 Å². The van der Waals surface area contributed by atoms with Crippen LogP contribution in [0.1, 0.15) is 28.7 Å². The van der Waals surface area contributed by atoms with Gasteiger partial charge in [0.25, 0.3) is 0 Å². The zero-order valence-electron chi connectivity index (χ0n) is 13.4. The van der Waals surface area contributed by atoms with Crippen molar-refractivity contribution in [3.8, 4) is 0 Å². The Hall–Kier alpha value is -2.83. The number of carboxylic acids is 1. The molecule has 3 rings (SSSR count). The second-order valence-electron chi connectivity index (χ2n) is 5.85. The fraction of sp³-hybridized carbons (Fsp3) is 0.353. The van der Waals surface area contributed by atoms with Gasteiger partial charge in [-0.2, -0.15) is 5.10 Å². The van der Waals surface area contributed by atoms with E-state index in [4.69, 9.17) is 9.84 Å². The summed E-state index contributed by atoms with van der Waals surface area (Å²) in [6.45, 7) is 3.08. The third kappa shape index (κ3) is 3.56. The first-order chi connectivity index (χ1) is 11.5. The number of aromatic carboxylic acids is 1. The molecule has 1 aliphatic heterocycles. The van der Waals surface area contributed by atoms with Crippen LogP contribution in [0.25, 0.3) is 0 Å². The fourth-order valence-corrected chi connectivity index (χ4v) is 2.76. The molecule has 126 valence electrons. The van der Waals surface area contributed by atoms with Gasteiger partial charge in [0.05, 0.1) is 18.8 Å². The SMILES string of the molecule is CC(Cc1ccccc1)OC(=O)N1CCn2nc(C(=O)O)cc2C1. The van der Waals surface area contributed by atoms with Crippen LogP contribution in [0.15, 0.2) is 36.4 Å². The Kier molecular flexibility index (Phi) is 4.50. The lowest BCUT2D eigenvalue weighted by Gasteiger charge is -2.28. The van der Waals surface area contributed by atoms with Crippen LogP contribution in [-0.4, -0.2) is 44.5 Å². The Morgan fingerprint density at radius 1 is 1.29 bits per heavy atom. The van der Waals surface area contributed by atoms with Crippen molar-refractivity contribution in [2.45, 2.75) is 32.5 Å². The molecule has 1 amide bonds. The molecule has 7 nitrogen and oxygen atoms in total. The summed E-state index contributed by atoms with van der Waals surface area (Å²) in [5.41, 5.74) is 1.81. The van der Waals surface area contributed by atoms with E-state index >= 15 is 0 Å². The molecule has 1 N–H and O–H groups in total. The van der Waals surface area contributed by atoms with Gasteiger partial charge in [-0.15, -0.1) is 0 Å². The molecular weight excluding hydrogens is 310 g/mol. The predicted octanol–water partition coefficient (Wildman–Crippen LogP) is 2.16. The number of carbonyl (C=O) groups is 2. The Balaban J connectivity index is 1.58. The maximum absolute atomic E-state index is 12.3. The van der Waals surface area contributed by atoms with Crippen molar-refractivity contribution >= 4 is 12.1 Å². The number of hydrogen-bond donors (Lipinski definition) is 1. The van der Waals surface area contributed by atoms with Gasteiger partial charge in [0.1, 0.15) is 6.10 Å². The number of fused-ring (bicyclic) bond motifs is 1. The minimum absolute atomic E-state index is 0.00216. The van der Waals surface area contributed by atoms with Gasteiger partial charge in [-0.3, -0.25) is 4.68 Å². The number of hydrogen-bond acceptors (Lipinski definition) is 4. The van der Waals surface area contributed by atoms with E-state index in [2.05, 4.69) is 5.10 Å². The number of rotatable bonds is 4. The Labute approximate surface area is 139 Å². The minimum Gasteiger partial charge on any atom is -0.476 e. The van der Waals surface area contributed by atoms with E-state index in [1.165, 1.54) is 6.07 Å². The van der Waals surface area contributed by atoms with Crippen molar-refractivity contribution in [1.29, 1.82) is 0 Å². The number of carboxylic acid groups (broad SMARTS) is 1. The fourth-order valence-electron chi connectivity index (χ4n) is 2.76. The molecule has 0 aliphatic carbocycles. The zero-order chi connectivity index (χ0) is 17.1. The molecule has 24 heavy (non-hydrogen) atoms. The normalized spacial score (nSPS) is 14.8. The smallest absolute Gasteiger partial charge is 0.410 e. The maximum Gasteiger partial charge on any atom is 0.410 e. The monoisotopic (exact) mass is 329 g/mol. The van der Waals surface area contributed by atoms with Crippen LogP contribution in [0.3, 0.4) is 0 Å². The van der Waals surface area contributed by atoms with Crippen LogP contribution in [0, 0.1) is 0 Å². The molecule has 1 aromatic carbocycles. The molecular formula is C17H19N3O4. The first-order valence-electron chi connectivity index (χ1n) is 7.82. The van der Waals surface area contributed by atoms with Crippen molar-refractivity contribution in [2.24, 2.45) is 0 Å². The summed E-state index contributed by atoms with van der Waals surface area (Å²) in [6.07, 6.45) is 0.0331. The third-order valence-corrected chi connectivity index (χ3v) is 3.94. The quantitative estimate of drug-likeness (QED) is 0.929. The topological polar surface area (TPSA) is 84.7 Å². The van der Waals surface area contributed by atoms with Crippen molar-refractivity contribution in [3.05, 3.63) is 53.3 Å². The Morgan fingerprint density at radius 3 is 2.75 bits per heavy atom. The van der Waals surface area contributed by atoms with Crippen LogP contribution in [-0.2, 0) is 24.2 Å². The molecule has 7 heteroatoms. The highest BCUT2D eigenvalue weighted by atomic mass is 16.6. The minimum atomic E-state index is -1.07. The number of amides is 1. The predicted molar refractivity (Wildman–Crippen MR) is 85.7 cm³/mol. The van der Waals surface area contributed by atoms with Gasteiger partial charge < -0.3 is 14.7 Å². The number of carbonyl (C=O) groups excluding carboxylic acids is 1. The van der Waals surface area contributed by atoms with Gasteiger partial charge in [-0.25, -0.2) is 9.59 Å². The molecule has 0 bridgehead atoms. The van der Waals surface area contributed by atoms with Crippen LogP contribution in [0.2, 0.25) is 0 Å². The maximum atomic E-state index is 12.3. The van der Waals surface area contributed by atoms with E-state index in [0.717, 1.165) is 5.56 Å². The van der Waals surface area contributed by atoms with Crippen LogP contribution >= 0.6 is 0 Å². The highest BCUT2D eigenvalue weighted by Gasteiger charge is 2.25. The molecule has 1 atom stereocenters. The average molecular weight is 329 g/mol. The molecule has 1 aliphatic rings. The van der Waals surface area contributed by atoms with Crippen LogP contribution < -0.4 is 0 Å². The zero-order valence-corrected chi connectivity index (χ0v) is 13.4. The van der Waals surface area contributed by atoms with E-state index in [9.17, 15) is 9.59 Å². The van der Waals surface area contributed by atoms with E-state index < -0.39 is 5.97 Å². The lowest BCUT2D eigenvalue weighted by Crippen LogP contribution is -2.40. The molecule has 0 fully saturated rings. The largest absolute Gasteiger partial charge is 0.476 e. The first-order valence-corrected chi connectivity index (χ1v) is 7.82. The second kappa shape index (κ2) is 6.74. The van der Waals surface area contributed by atoms with Gasteiger partial charge in [-0.05, 0) is 18.6 Å². The summed E-state index contributed by atoms with van der Waals surface area (Å²) in [5.74, 6) is -1.07. The number of aromatic nitrogens is 2. The summed E-state index contributed by atoms with van der Waals surface area (Å²) in [7, 11) is 0. The van der Waals surface area contributed by atoms with Crippen molar-refractivity contribution in [2.75, 3.05) is 6.54 Å². The van der Waals surface area contributed by atoms with Crippen LogP contribution in [0.4, 0.5) is 4.79 Å². The summed E-state index contributed by atoms with van der Waals surface area (Å²) >= 11 is 0. The molecule has 1 unspecified atom stereocenters. The summed E-state index contributed by atoms with van der Waals surface area (Å²) in [4.78, 5) is 24.9. The van der Waals surface area contributed by atoms with Crippen molar-refractivity contribution in [3.63, 3.8) is 0 Å². The molecule has 0 spiro atoms. The van der Waals surface area contributed by atoms with E-state index in [-0.39, 0.29) is 17.9 Å². The summed E-state index contributed by atoms with van der Waals surface area (Å²) in [5, 5.41) is 13.0. The molecule has 0 saturated heterocycles. The molecule has 1 aromatic heterocycles. The number of ether oxygens (including phenoxy) is 1. The Morgan fingerprint density at radius 2 is 2.04 bits per heavy atom. The molecule has 2 heterocycles. The number of nitrogens with zero attached hydrogens (tertiary/aromatic N) is 3. The average Bonchev–Trinajstić information content (AvgIpc) is 2.99. The molecule has 2 aromatic rings. The summed E-state index contributed by atoms with van der Waals surface area (Å²) in [6, 6.07) is 11.3. The summed E-state index contributed by atoms with van der Waals surface area (Å²) < 4.78 is 7.13. The van der Waals surface area contributed by atoms with E-state index in [1.54, 1.807) is 9.58 Å². The van der Waals surface area contributed by atoms with Gasteiger partial charge >= 0.3 is 12.1 Å². The first kappa shape index (κ1) is 16.0. The lowest BCUT2D eigenvalue weighted by molar-refractivity contribution is 0.0613. The van der Waals surface area contributed by atoms with E-state index in [1.807, 2.05) is 37.3 Å². The van der Waals surface area contributed by atoms with Gasteiger partial charge in [0.15, 0.2) is 5.69 Å². The number of benzene rings is 1. The highest BCUT2D eigenvalue weighted by Crippen LogP contribution is 2.16. The van der Waals surface area contributed by atoms with Gasteiger partial charge in [-0.1, -0.05) is 30.3 Å². The van der Waals surface area contributed by atoms with Crippen LogP contribution in [0.5, 0.6) is 0 Å². The van der Waals surface area contributed by atoms with E-state index in [0.29, 0.717) is 31.7 Å². The standard InChI is InChI=1S/C17H19N3O4/c1-12(9-13-5-3-2-4-6-13)24-17(23)19-7-8-20-14(11-19)10-15(18-20)16(21)22/h2-6,10,12H,7-9,11H2,1H3,(H,21,22). The molecule has 0 saturated carbocycles. The van der Waals surface area contributed by atoms with Crippen molar-refractivity contribution in [1.82, 2.24) is 14.7 Å².